The van der Waals surface area contributed by atoms with Crippen molar-refractivity contribution in [1.82, 2.24) is 20.2 Å². The molecule has 1 heterocycles. The van der Waals surface area contributed by atoms with Gasteiger partial charge in [0.2, 0.25) is 0 Å². The number of amides is 1. The van der Waals surface area contributed by atoms with Crippen molar-refractivity contribution in [3.63, 3.8) is 0 Å². The lowest BCUT2D eigenvalue weighted by Crippen LogP contribution is -2.29. The van der Waals surface area contributed by atoms with E-state index in [4.69, 9.17) is 4.74 Å². The van der Waals surface area contributed by atoms with Crippen LogP contribution in [-0.2, 0) is 4.79 Å². The monoisotopic (exact) mass is 381 g/mol. The van der Waals surface area contributed by atoms with Gasteiger partial charge in [0.25, 0.3) is 5.91 Å². The number of carbonyl (C=O) groups excluding carboxylic acids is 1. The standard InChI is InChI=1S/C21H27N5O2/c1-4-5-19(16-6-8-18(9-7-16)28-13-12-26(2)3)25-21(27)17(15-22)14-20-23-10-11-24-20/h6-11,14,19H,4-5,12-13H2,1-3H3,(H,23,24)(H,25,27)/b17-14+. The molecule has 0 saturated carbocycles. The van der Waals surface area contributed by atoms with Crippen LogP contribution in [-0.4, -0.2) is 48.0 Å². The second-order valence-corrected chi connectivity index (χ2v) is 6.68. The van der Waals surface area contributed by atoms with E-state index in [0.29, 0.717) is 12.4 Å². The molecule has 2 aromatic rings. The average molecular weight is 381 g/mol. The van der Waals surface area contributed by atoms with Crippen molar-refractivity contribution in [1.29, 1.82) is 5.26 Å². The molecule has 1 aromatic heterocycles. The number of likely N-dealkylation sites (N-methyl/N-ethyl adjacent to an activating group) is 1. The Labute approximate surface area is 166 Å². The van der Waals surface area contributed by atoms with Gasteiger partial charge in [-0.1, -0.05) is 25.5 Å². The number of nitrogens with one attached hydrogen (secondary N) is 2. The molecule has 0 aliphatic rings. The zero-order chi connectivity index (χ0) is 20.4. The molecule has 7 nitrogen and oxygen atoms in total. The molecule has 0 bridgehead atoms. The molecule has 0 spiro atoms. The predicted octanol–water partition coefficient (Wildman–Crippen LogP) is 2.91. The van der Waals surface area contributed by atoms with E-state index in [-0.39, 0.29) is 11.6 Å². The van der Waals surface area contributed by atoms with Gasteiger partial charge in [-0.15, -0.1) is 0 Å². The molecule has 0 radical (unpaired) electrons. The fraction of sp³-hybridized carbons (Fsp3) is 0.381. The van der Waals surface area contributed by atoms with Crippen LogP contribution in [0.5, 0.6) is 5.75 Å². The second kappa shape index (κ2) is 10.9. The van der Waals surface area contributed by atoms with Gasteiger partial charge in [0.1, 0.15) is 29.8 Å². The quantitative estimate of drug-likeness (QED) is 0.487. The number of ether oxygens (including phenoxy) is 1. The van der Waals surface area contributed by atoms with Crippen molar-refractivity contribution in [2.24, 2.45) is 0 Å². The Morgan fingerprint density at radius 1 is 1.39 bits per heavy atom. The maximum absolute atomic E-state index is 12.6. The first-order chi connectivity index (χ1) is 13.5. The third kappa shape index (κ3) is 6.56. The van der Waals surface area contributed by atoms with E-state index in [0.717, 1.165) is 30.7 Å². The molecule has 1 aromatic carbocycles. The summed E-state index contributed by atoms with van der Waals surface area (Å²) in [4.78, 5) is 21.5. The third-order valence-corrected chi connectivity index (χ3v) is 4.14. The Morgan fingerprint density at radius 2 is 2.14 bits per heavy atom. The van der Waals surface area contributed by atoms with Gasteiger partial charge in [-0.05, 0) is 38.2 Å². The number of imidazole rings is 1. The van der Waals surface area contributed by atoms with Crippen molar-refractivity contribution in [3.8, 4) is 11.8 Å². The van der Waals surface area contributed by atoms with Crippen LogP contribution in [0.4, 0.5) is 0 Å². The largest absolute Gasteiger partial charge is 0.492 e. The van der Waals surface area contributed by atoms with Gasteiger partial charge in [-0.3, -0.25) is 4.79 Å². The Balaban J connectivity index is 2.05. The number of hydrogen-bond donors (Lipinski definition) is 2. The van der Waals surface area contributed by atoms with E-state index in [1.54, 1.807) is 12.4 Å². The van der Waals surface area contributed by atoms with Crippen molar-refractivity contribution in [3.05, 3.63) is 53.6 Å². The van der Waals surface area contributed by atoms with E-state index >= 15 is 0 Å². The van der Waals surface area contributed by atoms with Crippen LogP contribution >= 0.6 is 0 Å². The van der Waals surface area contributed by atoms with E-state index in [9.17, 15) is 10.1 Å². The zero-order valence-electron chi connectivity index (χ0n) is 16.6. The van der Waals surface area contributed by atoms with Gasteiger partial charge in [0, 0.05) is 25.0 Å². The first kappa shape index (κ1) is 21.2. The van der Waals surface area contributed by atoms with Crippen molar-refractivity contribution in [2.45, 2.75) is 25.8 Å². The Hall–Kier alpha value is -3.11. The molecule has 1 unspecified atom stereocenters. The summed E-state index contributed by atoms with van der Waals surface area (Å²) in [5.74, 6) is 0.851. The number of H-pyrrole nitrogens is 1. The summed E-state index contributed by atoms with van der Waals surface area (Å²) in [6.45, 7) is 3.52. The van der Waals surface area contributed by atoms with E-state index in [1.807, 2.05) is 44.4 Å². The maximum atomic E-state index is 12.6. The summed E-state index contributed by atoms with van der Waals surface area (Å²) >= 11 is 0. The summed E-state index contributed by atoms with van der Waals surface area (Å²) in [5, 5.41) is 12.3. The number of aromatic nitrogens is 2. The fourth-order valence-electron chi connectivity index (χ4n) is 2.63. The molecule has 148 valence electrons. The van der Waals surface area contributed by atoms with E-state index in [2.05, 4.69) is 27.1 Å². The SMILES string of the molecule is CCCC(NC(=O)/C(C#N)=C/c1ncc[nH]1)c1ccc(OCCN(C)C)cc1. The lowest BCUT2D eigenvalue weighted by Gasteiger charge is -2.19. The molecule has 0 aliphatic heterocycles. The minimum atomic E-state index is -0.413. The Kier molecular flexibility index (Phi) is 8.25. The van der Waals surface area contributed by atoms with Crippen molar-refractivity contribution >= 4 is 12.0 Å². The molecule has 2 rings (SSSR count). The Morgan fingerprint density at radius 3 is 2.71 bits per heavy atom. The summed E-state index contributed by atoms with van der Waals surface area (Å²) in [6.07, 6.45) is 6.32. The third-order valence-electron chi connectivity index (χ3n) is 4.14. The van der Waals surface area contributed by atoms with Crippen LogP contribution < -0.4 is 10.1 Å². The highest BCUT2D eigenvalue weighted by atomic mass is 16.5. The number of aromatic amines is 1. The van der Waals surface area contributed by atoms with Gasteiger partial charge in [-0.25, -0.2) is 4.98 Å². The number of hydrogen-bond acceptors (Lipinski definition) is 5. The van der Waals surface area contributed by atoms with E-state index in [1.165, 1.54) is 6.08 Å². The summed E-state index contributed by atoms with van der Waals surface area (Å²) in [7, 11) is 4.00. The summed E-state index contributed by atoms with van der Waals surface area (Å²) in [6, 6.07) is 9.48. The number of nitriles is 1. The summed E-state index contributed by atoms with van der Waals surface area (Å²) in [5.41, 5.74) is 0.991. The highest BCUT2D eigenvalue weighted by molar-refractivity contribution is 6.01. The Bertz CT molecular complexity index is 804. The smallest absolute Gasteiger partial charge is 0.262 e. The van der Waals surface area contributed by atoms with Gasteiger partial charge < -0.3 is 19.9 Å². The molecule has 28 heavy (non-hydrogen) atoms. The van der Waals surface area contributed by atoms with Crippen LogP contribution in [0.25, 0.3) is 6.08 Å². The van der Waals surface area contributed by atoms with Gasteiger partial charge >= 0.3 is 0 Å². The molecule has 0 saturated heterocycles. The number of nitrogens with zero attached hydrogens (tertiary/aromatic N) is 3. The minimum absolute atomic E-state index is 0.0136. The number of carbonyl (C=O) groups is 1. The fourth-order valence-corrected chi connectivity index (χ4v) is 2.63. The zero-order valence-corrected chi connectivity index (χ0v) is 16.6. The normalized spacial score (nSPS) is 12.5. The number of rotatable bonds is 10. The molecule has 1 amide bonds. The lowest BCUT2D eigenvalue weighted by atomic mass is 10.0. The maximum Gasteiger partial charge on any atom is 0.262 e. The lowest BCUT2D eigenvalue weighted by molar-refractivity contribution is -0.117. The van der Waals surface area contributed by atoms with Gasteiger partial charge in [0.15, 0.2) is 0 Å². The first-order valence-electron chi connectivity index (χ1n) is 9.33. The van der Waals surface area contributed by atoms with Crippen LogP contribution in [0.1, 0.15) is 37.2 Å². The topological polar surface area (TPSA) is 94.0 Å². The predicted molar refractivity (Wildman–Crippen MR) is 108 cm³/mol. The first-order valence-corrected chi connectivity index (χ1v) is 9.33. The molecule has 1 atom stereocenters. The van der Waals surface area contributed by atoms with Crippen LogP contribution in [0.3, 0.4) is 0 Å². The molecule has 0 fully saturated rings. The van der Waals surface area contributed by atoms with Gasteiger partial charge in [-0.2, -0.15) is 5.26 Å². The second-order valence-electron chi connectivity index (χ2n) is 6.68. The average Bonchev–Trinajstić information content (AvgIpc) is 3.19. The highest BCUT2D eigenvalue weighted by Crippen LogP contribution is 2.22. The van der Waals surface area contributed by atoms with E-state index < -0.39 is 5.91 Å². The summed E-state index contributed by atoms with van der Waals surface area (Å²) < 4.78 is 5.72. The molecular weight excluding hydrogens is 354 g/mol. The highest BCUT2D eigenvalue weighted by Gasteiger charge is 2.17. The van der Waals surface area contributed by atoms with Crippen LogP contribution in [0.2, 0.25) is 0 Å². The molecular formula is C21H27N5O2. The van der Waals surface area contributed by atoms with Crippen LogP contribution in [0.15, 0.2) is 42.2 Å². The molecule has 7 heteroatoms. The van der Waals surface area contributed by atoms with Gasteiger partial charge in [0.05, 0.1) is 6.04 Å². The van der Waals surface area contributed by atoms with Crippen LogP contribution in [0, 0.1) is 11.3 Å². The molecule has 0 aliphatic carbocycles. The number of benzene rings is 1. The molecule has 2 N–H and O–H groups in total. The minimum Gasteiger partial charge on any atom is -0.492 e. The van der Waals surface area contributed by atoms with Crippen molar-refractivity contribution in [2.75, 3.05) is 27.2 Å². The van der Waals surface area contributed by atoms with Crippen molar-refractivity contribution < 1.29 is 9.53 Å².